The fourth-order valence-electron chi connectivity index (χ4n) is 1.38. The summed E-state index contributed by atoms with van der Waals surface area (Å²) >= 11 is 7.65. The third-order valence-corrected chi connectivity index (χ3v) is 3.55. The molecular formula is C12H18ClNOS. The summed E-state index contributed by atoms with van der Waals surface area (Å²) in [5, 5.41) is 4.18. The predicted octanol–water partition coefficient (Wildman–Crippen LogP) is 3.06. The normalized spacial score (nSPS) is 12.7. The van der Waals surface area contributed by atoms with Crippen molar-refractivity contribution in [3.05, 3.63) is 29.3 Å². The molecule has 16 heavy (non-hydrogen) atoms. The smallest absolute Gasteiger partial charge is 0.0624 e. The van der Waals surface area contributed by atoms with E-state index in [9.17, 15) is 0 Å². The van der Waals surface area contributed by atoms with Gasteiger partial charge in [0.25, 0.3) is 0 Å². The molecule has 0 aliphatic rings. The number of benzene rings is 1. The fourth-order valence-corrected chi connectivity index (χ4v) is 2.45. The lowest BCUT2D eigenvalue weighted by molar-refractivity contribution is 0.174. The van der Waals surface area contributed by atoms with E-state index in [1.165, 1.54) is 4.90 Å². The summed E-state index contributed by atoms with van der Waals surface area (Å²) in [6.07, 6.45) is 0. The van der Waals surface area contributed by atoms with Crippen LogP contribution in [0.2, 0.25) is 5.02 Å². The van der Waals surface area contributed by atoms with Crippen molar-refractivity contribution in [2.24, 2.45) is 0 Å². The van der Waals surface area contributed by atoms with Gasteiger partial charge in [-0.1, -0.05) is 18.5 Å². The lowest BCUT2D eigenvalue weighted by atomic mass is 10.3. The Morgan fingerprint density at radius 1 is 1.38 bits per heavy atom. The maximum absolute atomic E-state index is 5.83. The maximum Gasteiger partial charge on any atom is 0.0624 e. The average Bonchev–Trinajstić information content (AvgIpc) is 2.29. The first-order valence-corrected chi connectivity index (χ1v) is 6.73. The highest BCUT2D eigenvalue weighted by atomic mass is 35.5. The molecule has 0 fully saturated rings. The van der Waals surface area contributed by atoms with Crippen molar-refractivity contribution in [3.63, 3.8) is 0 Å². The number of likely N-dealkylation sites (N-methyl/N-ethyl adjacent to an activating group) is 1. The van der Waals surface area contributed by atoms with Crippen molar-refractivity contribution in [2.75, 3.05) is 26.0 Å². The molecule has 4 heteroatoms. The largest absolute Gasteiger partial charge is 0.383 e. The van der Waals surface area contributed by atoms with Gasteiger partial charge >= 0.3 is 0 Å². The van der Waals surface area contributed by atoms with Gasteiger partial charge < -0.3 is 10.1 Å². The highest BCUT2D eigenvalue weighted by molar-refractivity contribution is 7.99. The molecule has 1 rings (SSSR count). The molecule has 0 amide bonds. The van der Waals surface area contributed by atoms with Crippen LogP contribution in [0.4, 0.5) is 0 Å². The van der Waals surface area contributed by atoms with Crippen LogP contribution in [0.5, 0.6) is 0 Å². The zero-order chi connectivity index (χ0) is 11.8. The standard InChI is InChI=1S/C12H18ClNOS/c1-3-14-11(8-15-2)9-16-12-6-4-10(13)5-7-12/h4-7,11,14H,3,8-9H2,1-2H3. The topological polar surface area (TPSA) is 21.3 Å². The molecule has 0 aliphatic heterocycles. The maximum atomic E-state index is 5.83. The Kier molecular flexibility index (Phi) is 6.88. The minimum absolute atomic E-state index is 0.399. The van der Waals surface area contributed by atoms with Gasteiger partial charge in [0.2, 0.25) is 0 Å². The first-order chi connectivity index (χ1) is 7.76. The van der Waals surface area contributed by atoms with Crippen LogP contribution in [0, 0.1) is 0 Å². The average molecular weight is 260 g/mol. The molecule has 2 nitrogen and oxygen atoms in total. The molecule has 0 aromatic heterocycles. The van der Waals surface area contributed by atoms with Crippen LogP contribution in [0.1, 0.15) is 6.92 Å². The minimum Gasteiger partial charge on any atom is -0.383 e. The third kappa shape index (κ3) is 5.21. The van der Waals surface area contributed by atoms with E-state index in [0.717, 1.165) is 23.9 Å². The Labute approximate surface area is 107 Å². The minimum atomic E-state index is 0.399. The Bertz CT molecular complexity index is 286. The second kappa shape index (κ2) is 7.96. The molecule has 0 radical (unpaired) electrons. The van der Waals surface area contributed by atoms with Crippen molar-refractivity contribution in [1.29, 1.82) is 0 Å². The summed E-state index contributed by atoms with van der Waals surface area (Å²) in [5.41, 5.74) is 0. The van der Waals surface area contributed by atoms with Gasteiger partial charge in [-0.05, 0) is 30.8 Å². The van der Waals surface area contributed by atoms with E-state index in [2.05, 4.69) is 12.2 Å². The Morgan fingerprint density at radius 3 is 2.62 bits per heavy atom. The van der Waals surface area contributed by atoms with Gasteiger partial charge in [-0.15, -0.1) is 11.8 Å². The lowest BCUT2D eigenvalue weighted by Gasteiger charge is -2.16. The Morgan fingerprint density at radius 2 is 2.06 bits per heavy atom. The first-order valence-electron chi connectivity index (χ1n) is 5.37. The zero-order valence-electron chi connectivity index (χ0n) is 9.70. The van der Waals surface area contributed by atoms with E-state index in [1.54, 1.807) is 7.11 Å². The molecule has 1 aromatic carbocycles. The van der Waals surface area contributed by atoms with Crippen LogP contribution >= 0.6 is 23.4 Å². The van der Waals surface area contributed by atoms with Crippen molar-refractivity contribution >= 4 is 23.4 Å². The number of ether oxygens (including phenoxy) is 1. The SMILES string of the molecule is CCNC(COC)CSc1ccc(Cl)cc1. The molecule has 0 spiro atoms. The van der Waals surface area contributed by atoms with E-state index in [4.69, 9.17) is 16.3 Å². The first kappa shape index (κ1) is 13.8. The van der Waals surface area contributed by atoms with Gasteiger partial charge in [0, 0.05) is 28.8 Å². The van der Waals surface area contributed by atoms with Gasteiger partial charge in [0.1, 0.15) is 0 Å². The van der Waals surface area contributed by atoms with Gasteiger partial charge in [-0.3, -0.25) is 0 Å². The number of hydrogen-bond acceptors (Lipinski definition) is 3. The van der Waals surface area contributed by atoms with Gasteiger partial charge in [-0.2, -0.15) is 0 Å². The highest BCUT2D eigenvalue weighted by Gasteiger charge is 2.07. The number of hydrogen-bond donors (Lipinski definition) is 1. The number of halogens is 1. The molecular weight excluding hydrogens is 242 g/mol. The second-order valence-electron chi connectivity index (χ2n) is 3.47. The van der Waals surface area contributed by atoms with E-state index in [1.807, 2.05) is 36.0 Å². The molecule has 1 atom stereocenters. The molecule has 0 bridgehead atoms. The quantitative estimate of drug-likeness (QED) is 0.761. The summed E-state index contributed by atoms with van der Waals surface area (Å²) in [6, 6.07) is 8.33. The molecule has 0 saturated carbocycles. The van der Waals surface area contributed by atoms with Gasteiger partial charge in [-0.25, -0.2) is 0 Å². The van der Waals surface area contributed by atoms with E-state index >= 15 is 0 Å². The Hall–Kier alpha value is -0.220. The molecule has 1 aromatic rings. The summed E-state index contributed by atoms with van der Waals surface area (Å²) < 4.78 is 5.17. The molecule has 0 saturated heterocycles. The van der Waals surface area contributed by atoms with Crippen molar-refractivity contribution in [3.8, 4) is 0 Å². The third-order valence-electron chi connectivity index (χ3n) is 2.13. The van der Waals surface area contributed by atoms with E-state index in [0.29, 0.717) is 6.04 Å². The zero-order valence-corrected chi connectivity index (χ0v) is 11.3. The van der Waals surface area contributed by atoms with Crippen molar-refractivity contribution in [2.45, 2.75) is 17.9 Å². The molecule has 1 N–H and O–H groups in total. The van der Waals surface area contributed by atoms with Crippen molar-refractivity contribution < 1.29 is 4.74 Å². The van der Waals surface area contributed by atoms with Crippen LogP contribution in [0.15, 0.2) is 29.2 Å². The summed E-state index contributed by atoms with van der Waals surface area (Å²) in [4.78, 5) is 1.24. The number of thioether (sulfide) groups is 1. The second-order valence-corrected chi connectivity index (χ2v) is 5.00. The number of nitrogens with one attached hydrogen (secondary N) is 1. The van der Waals surface area contributed by atoms with Crippen LogP contribution in [-0.2, 0) is 4.74 Å². The van der Waals surface area contributed by atoms with Crippen molar-refractivity contribution in [1.82, 2.24) is 5.32 Å². The van der Waals surface area contributed by atoms with Crippen LogP contribution in [0.25, 0.3) is 0 Å². The predicted molar refractivity (Wildman–Crippen MR) is 71.5 cm³/mol. The van der Waals surface area contributed by atoms with E-state index in [-0.39, 0.29) is 0 Å². The number of methoxy groups -OCH3 is 1. The van der Waals surface area contributed by atoms with Gasteiger partial charge in [0.15, 0.2) is 0 Å². The summed E-state index contributed by atoms with van der Waals surface area (Å²) in [5.74, 6) is 1.00. The van der Waals surface area contributed by atoms with E-state index < -0.39 is 0 Å². The number of rotatable bonds is 7. The van der Waals surface area contributed by atoms with Crippen LogP contribution < -0.4 is 5.32 Å². The molecule has 90 valence electrons. The fraction of sp³-hybridized carbons (Fsp3) is 0.500. The monoisotopic (exact) mass is 259 g/mol. The summed E-state index contributed by atoms with van der Waals surface area (Å²) in [7, 11) is 1.73. The summed E-state index contributed by atoms with van der Waals surface area (Å²) in [6.45, 7) is 3.82. The molecule has 0 aliphatic carbocycles. The Balaban J connectivity index is 2.38. The van der Waals surface area contributed by atoms with Gasteiger partial charge in [0.05, 0.1) is 6.61 Å². The van der Waals surface area contributed by atoms with Crippen LogP contribution in [-0.4, -0.2) is 32.1 Å². The van der Waals surface area contributed by atoms with Crippen LogP contribution in [0.3, 0.4) is 0 Å². The highest BCUT2D eigenvalue weighted by Crippen LogP contribution is 2.20. The molecule has 1 unspecified atom stereocenters. The molecule has 0 heterocycles. The lowest BCUT2D eigenvalue weighted by Crippen LogP contribution is -2.35.